The first-order valence-corrected chi connectivity index (χ1v) is 7.04. The second-order valence-corrected chi connectivity index (χ2v) is 5.65. The first kappa shape index (κ1) is 11.2. The van der Waals surface area contributed by atoms with Gasteiger partial charge in [-0.2, -0.15) is 0 Å². The van der Waals surface area contributed by atoms with Gasteiger partial charge in [-0.25, -0.2) is 0 Å². The fourth-order valence-corrected chi connectivity index (χ4v) is 3.75. The highest BCUT2D eigenvalue weighted by Crippen LogP contribution is 2.31. The van der Waals surface area contributed by atoms with E-state index in [1.165, 1.54) is 10.6 Å². The van der Waals surface area contributed by atoms with Gasteiger partial charge in [-0.3, -0.25) is 0 Å². The average molecular weight is 241 g/mol. The Morgan fingerprint density at radius 2 is 2.40 bits per heavy atom. The van der Waals surface area contributed by atoms with Crippen LogP contribution < -0.4 is 10.1 Å². The maximum Gasteiger partial charge on any atom is 0.132 e. The Labute approximate surface area is 99.2 Å². The quantitative estimate of drug-likeness (QED) is 0.817. The van der Waals surface area contributed by atoms with E-state index >= 15 is 0 Å². The van der Waals surface area contributed by atoms with Crippen LogP contribution >= 0.6 is 23.5 Å². The van der Waals surface area contributed by atoms with E-state index in [1.807, 2.05) is 35.7 Å². The molecular weight excluding hydrogens is 226 g/mol. The molecule has 1 saturated heterocycles. The highest BCUT2D eigenvalue weighted by atomic mass is 32.2. The van der Waals surface area contributed by atoms with Crippen LogP contribution in [-0.2, 0) is 0 Å². The fraction of sp³-hybridized carbons (Fsp3) is 0.455. The number of para-hydroxylation sites is 1. The van der Waals surface area contributed by atoms with Gasteiger partial charge in [0.25, 0.3) is 0 Å². The van der Waals surface area contributed by atoms with Crippen LogP contribution in [0, 0.1) is 0 Å². The van der Waals surface area contributed by atoms with Gasteiger partial charge >= 0.3 is 0 Å². The second-order valence-electron chi connectivity index (χ2n) is 3.28. The van der Waals surface area contributed by atoms with Crippen LogP contribution in [0.3, 0.4) is 0 Å². The van der Waals surface area contributed by atoms with Gasteiger partial charge in [0.15, 0.2) is 0 Å². The fourth-order valence-electron chi connectivity index (χ4n) is 1.49. The molecule has 1 aliphatic heterocycles. The lowest BCUT2D eigenvalue weighted by Crippen LogP contribution is -2.21. The third-order valence-electron chi connectivity index (χ3n) is 2.25. The second kappa shape index (κ2) is 5.68. The zero-order valence-electron chi connectivity index (χ0n) is 8.73. The van der Waals surface area contributed by atoms with Gasteiger partial charge in [0, 0.05) is 22.9 Å². The lowest BCUT2D eigenvalue weighted by Gasteiger charge is -2.11. The van der Waals surface area contributed by atoms with Crippen molar-refractivity contribution in [2.75, 3.05) is 25.2 Å². The molecule has 15 heavy (non-hydrogen) atoms. The molecular formula is C11H15NOS2. The van der Waals surface area contributed by atoms with E-state index in [9.17, 15) is 0 Å². The van der Waals surface area contributed by atoms with Crippen molar-refractivity contribution >= 4 is 23.5 Å². The third-order valence-corrected chi connectivity index (χ3v) is 4.79. The van der Waals surface area contributed by atoms with E-state index in [0.29, 0.717) is 5.37 Å². The first-order chi connectivity index (χ1) is 7.40. The summed E-state index contributed by atoms with van der Waals surface area (Å²) in [6, 6.07) is 8.19. The molecule has 1 aromatic carbocycles. The topological polar surface area (TPSA) is 21.3 Å². The molecule has 2 nitrogen and oxygen atoms in total. The molecule has 0 saturated carbocycles. The molecule has 1 aliphatic rings. The van der Waals surface area contributed by atoms with Crippen LogP contribution in [-0.4, -0.2) is 30.5 Å². The monoisotopic (exact) mass is 241 g/mol. The number of hydrogen-bond donors (Lipinski definition) is 1. The van der Waals surface area contributed by atoms with E-state index in [2.05, 4.69) is 17.4 Å². The maximum atomic E-state index is 5.31. The lowest BCUT2D eigenvalue weighted by atomic mass is 10.3. The summed E-state index contributed by atoms with van der Waals surface area (Å²) < 4.78 is 5.31. The van der Waals surface area contributed by atoms with E-state index in [4.69, 9.17) is 4.74 Å². The maximum absolute atomic E-state index is 5.31. The summed E-state index contributed by atoms with van der Waals surface area (Å²) in [5.41, 5.74) is 0. The van der Waals surface area contributed by atoms with Crippen LogP contribution in [0.15, 0.2) is 29.2 Å². The van der Waals surface area contributed by atoms with Crippen molar-refractivity contribution in [2.24, 2.45) is 0 Å². The van der Waals surface area contributed by atoms with Crippen molar-refractivity contribution in [2.45, 2.75) is 10.3 Å². The minimum Gasteiger partial charge on any atom is -0.496 e. The summed E-state index contributed by atoms with van der Waals surface area (Å²) in [6.07, 6.45) is 0. The van der Waals surface area contributed by atoms with Crippen LogP contribution in [0.5, 0.6) is 5.75 Å². The van der Waals surface area contributed by atoms with Gasteiger partial charge in [0.05, 0.1) is 12.5 Å². The lowest BCUT2D eigenvalue weighted by molar-refractivity contribution is 0.405. The summed E-state index contributed by atoms with van der Waals surface area (Å²) in [4.78, 5) is 1.23. The molecule has 0 bridgehead atoms. The van der Waals surface area contributed by atoms with Crippen LogP contribution in [0.4, 0.5) is 0 Å². The number of ether oxygens (including phenoxy) is 1. The molecule has 0 radical (unpaired) electrons. The average Bonchev–Trinajstić information content (AvgIpc) is 2.79. The summed E-state index contributed by atoms with van der Waals surface area (Å²) >= 11 is 3.86. The Balaban J connectivity index is 1.91. The Kier molecular flexibility index (Phi) is 4.23. The third kappa shape index (κ3) is 3.06. The van der Waals surface area contributed by atoms with Gasteiger partial charge in [-0.1, -0.05) is 12.1 Å². The number of thioether (sulfide) groups is 2. The molecule has 0 spiro atoms. The SMILES string of the molecule is COc1ccccc1SCC1NCCS1. The Morgan fingerprint density at radius 3 is 3.13 bits per heavy atom. The van der Waals surface area contributed by atoms with E-state index in [1.54, 1.807) is 7.11 Å². The minimum absolute atomic E-state index is 0.597. The highest BCUT2D eigenvalue weighted by molar-refractivity contribution is 8.03. The Bertz CT molecular complexity index is 313. The number of benzene rings is 1. The smallest absolute Gasteiger partial charge is 0.132 e. The predicted molar refractivity (Wildman–Crippen MR) is 68.0 cm³/mol. The van der Waals surface area contributed by atoms with Crippen molar-refractivity contribution in [3.05, 3.63) is 24.3 Å². The molecule has 0 aromatic heterocycles. The summed E-state index contributed by atoms with van der Waals surface area (Å²) in [5, 5.41) is 4.06. The molecule has 1 aromatic rings. The zero-order chi connectivity index (χ0) is 10.5. The zero-order valence-corrected chi connectivity index (χ0v) is 10.4. The van der Waals surface area contributed by atoms with E-state index in [-0.39, 0.29) is 0 Å². The molecule has 0 amide bonds. The van der Waals surface area contributed by atoms with Crippen molar-refractivity contribution < 1.29 is 4.74 Å². The molecule has 1 N–H and O–H groups in total. The predicted octanol–water partition coefficient (Wildman–Crippen LogP) is 2.45. The van der Waals surface area contributed by atoms with E-state index < -0.39 is 0 Å². The number of rotatable bonds is 4. The molecule has 1 atom stereocenters. The van der Waals surface area contributed by atoms with Crippen molar-refractivity contribution in [3.63, 3.8) is 0 Å². The highest BCUT2D eigenvalue weighted by Gasteiger charge is 2.15. The van der Waals surface area contributed by atoms with Gasteiger partial charge in [-0.05, 0) is 12.1 Å². The van der Waals surface area contributed by atoms with Gasteiger partial charge < -0.3 is 10.1 Å². The minimum atomic E-state index is 0.597. The number of nitrogens with one attached hydrogen (secondary N) is 1. The normalized spacial score (nSPS) is 20.5. The molecule has 82 valence electrons. The number of hydrogen-bond acceptors (Lipinski definition) is 4. The van der Waals surface area contributed by atoms with Gasteiger partial charge in [0.2, 0.25) is 0 Å². The standard InChI is InChI=1S/C11H15NOS2/c1-13-9-4-2-3-5-10(9)15-8-11-12-6-7-14-11/h2-5,11-12H,6-8H2,1H3. The Hall–Kier alpha value is -0.320. The first-order valence-electron chi connectivity index (χ1n) is 5.01. The van der Waals surface area contributed by atoms with Crippen LogP contribution in [0.25, 0.3) is 0 Å². The van der Waals surface area contributed by atoms with E-state index in [0.717, 1.165) is 18.0 Å². The molecule has 1 heterocycles. The van der Waals surface area contributed by atoms with Gasteiger partial charge in [0.1, 0.15) is 5.75 Å². The molecule has 0 aliphatic carbocycles. The van der Waals surface area contributed by atoms with Crippen LogP contribution in [0.2, 0.25) is 0 Å². The number of methoxy groups -OCH3 is 1. The summed E-state index contributed by atoms with van der Waals surface area (Å²) in [7, 11) is 1.72. The Morgan fingerprint density at radius 1 is 1.53 bits per heavy atom. The van der Waals surface area contributed by atoms with Crippen molar-refractivity contribution in [1.82, 2.24) is 5.32 Å². The molecule has 1 fully saturated rings. The van der Waals surface area contributed by atoms with Gasteiger partial charge in [-0.15, -0.1) is 23.5 Å². The van der Waals surface area contributed by atoms with Crippen molar-refractivity contribution in [1.29, 1.82) is 0 Å². The van der Waals surface area contributed by atoms with Crippen LogP contribution in [0.1, 0.15) is 0 Å². The molecule has 1 unspecified atom stereocenters. The molecule has 2 rings (SSSR count). The molecule has 4 heteroatoms. The summed E-state index contributed by atoms with van der Waals surface area (Å²) in [6.45, 7) is 1.14. The van der Waals surface area contributed by atoms with Crippen molar-refractivity contribution in [3.8, 4) is 5.75 Å². The summed E-state index contributed by atoms with van der Waals surface area (Å²) in [5.74, 6) is 3.31. The largest absolute Gasteiger partial charge is 0.496 e.